The van der Waals surface area contributed by atoms with Gasteiger partial charge in [0.1, 0.15) is 6.61 Å². The Balaban J connectivity index is 1.70. The van der Waals surface area contributed by atoms with Gasteiger partial charge in [0.25, 0.3) is 0 Å². The predicted octanol–water partition coefficient (Wildman–Crippen LogP) is 2.84. The van der Waals surface area contributed by atoms with Gasteiger partial charge in [0.2, 0.25) is 5.88 Å². The van der Waals surface area contributed by atoms with Crippen molar-refractivity contribution >= 4 is 5.96 Å². The summed E-state index contributed by atoms with van der Waals surface area (Å²) >= 11 is 0. The number of nitrogens with one attached hydrogen (secondary N) is 2. The Morgan fingerprint density at radius 2 is 1.88 bits per heavy atom. The Bertz CT molecular complexity index is 673. The quantitative estimate of drug-likeness (QED) is 0.477. The maximum Gasteiger partial charge on any atom is 0.417 e. The molecule has 0 aliphatic carbocycles. The lowest BCUT2D eigenvalue weighted by atomic mass is 10.2. The van der Waals surface area contributed by atoms with E-state index in [1.54, 1.807) is 7.05 Å². The van der Waals surface area contributed by atoms with Crippen LogP contribution >= 0.6 is 0 Å². The van der Waals surface area contributed by atoms with E-state index in [2.05, 4.69) is 20.6 Å². The molecule has 2 aromatic rings. The topological polar surface area (TPSA) is 58.5 Å². The lowest BCUT2D eigenvalue weighted by Crippen LogP contribution is -2.38. The third-order valence-electron chi connectivity index (χ3n) is 3.23. The average molecular weight is 352 g/mol. The van der Waals surface area contributed by atoms with Gasteiger partial charge in [0.15, 0.2) is 5.96 Å². The summed E-state index contributed by atoms with van der Waals surface area (Å²) in [5, 5.41) is 6.20. The molecule has 0 bridgehead atoms. The van der Waals surface area contributed by atoms with E-state index in [9.17, 15) is 13.2 Å². The summed E-state index contributed by atoms with van der Waals surface area (Å²) in [7, 11) is 1.65. The van der Waals surface area contributed by atoms with E-state index in [0.29, 0.717) is 19.0 Å². The number of nitrogens with zero attached hydrogens (tertiary/aromatic N) is 2. The van der Waals surface area contributed by atoms with Gasteiger partial charge in [-0.1, -0.05) is 30.3 Å². The molecule has 0 unspecified atom stereocenters. The van der Waals surface area contributed by atoms with Gasteiger partial charge in [-0.25, -0.2) is 4.98 Å². The summed E-state index contributed by atoms with van der Waals surface area (Å²) in [4.78, 5) is 7.73. The lowest BCUT2D eigenvalue weighted by Gasteiger charge is -2.12. The molecule has 25 heavy (non-hydrogen) atoms. The second kappa shape index (κ2) is 8.91. The van der Waals surface area contributed by atoms with Gasteiger partial charge >= 0.3 is 6.18 Å². The minimum absolute atomic E-state index is 0.141. The van der Waals surface area contributed by atoms with E-state index in [-0.39, 0.29) is 12.5 Å². The molecule has 8 heteroatoms. The Kier molecular flexibility index (Phi) is 6.62. The molecule has 0 aliphatic heterocycles. The van der Waals surface area contributed by atoms with E-state index < -0.39 is 11.7 Å². The predicted molar refractivity (Wildman–Crippen MR) is 89.4 cm³/mol. The number of halogens is 3. The van der Waals surface area contributed by atoms with Crippen LogP contribution in [0.5, 0.6) is 5.88 Å². The SMILES string of the molecule is CN=C(NCCOc1ccc(C(F)(F)F)cn1)NCc1ccccc1. The Hall–Kier alpha value is -2.77. The third kappa shape index (κ3) is 6.33. The van der Waals surface area contributed by atoms with Crippen LogP contribution in [0.1, 0.15) is 11.1 Å². The normalized spacial score (nSPS) is 11.9. The molecule has 1 aromatic heterocycles. The van der Waals surface area contributed by atoms with Crippen molar-refractivity contribution < 1.29 is 17.9 Å². The summed E-state index contributed by atoms with van der Waals surface area (Å²) in [6.07, 6.45) is -3.65. The zero-order valence-corrected chi connectivity index (χ0v) is 13.7. The van der Waals surface area contributed by atoms with Crippen molar-refractivity contribution in [1.82, 2.24) is 15.6 Å². The fraction of sp³-hybridized carbons (Fsp3) is 0.294. The smallest absolute Gasteiger partial charge is 0.417 e. The fourth-order valence-corrected chi connectivity index (χ4v) is 1.96. The van der Waals surface area contributed by atoms with Crippen molar-refractivity contribution in [3.8, 4) is 5.88 Å². The van der Waals surface area contributed by atoms with E-state index in [1.165, 1.54) is 6.07 Å². The summed E-state index contributed by atoms with van der Waals surface area (Å²) in [5.41, 5.74) is 0.319. The first kappa shape index (κ1) is 18.6. The number of hydrogen-bond donors (Lipinski definition) is 2. The monoisotopic (exact) mass is 352 g/mol. The number of hydrogen-bond acceptors (Lipinski definition) is 3. The van der Waals surface area contributed by atoms with E-state index >= 15 is 0 Å². The lowest BCUT2D eigenvalue weighted by molar-refractivity contribution is -0.137. The first-order valence-electron chi connectivity index (χ1n) is 7.63. The van der Waals surface area contributed by atoms with E-state index in [4.69, 9.17) is 4.74 Å². The van der Waals surface area contributed by atoms with Gasteiger partial charge in [-0.15, -0.1) is 0 Å². The highest BCUT2D eigenvalue weighted by Gasteiger charge is 2.30. The number of guanidine groups is 1. The number of benzene rings is 1. The maximum absolute atomic E-state index is 12.4. The molecule has 0 fully saturated rings. The molecule has 134 valence electrons. The highest BCUT2D eigenvalue weighted by Crippen LogP contribution is 2.29. The molecule has 1 heterocycles. The Labute approximate surface area is 144 Å². The van der Waals surface area contributed by atoms with Crippen LogP contribution < -0.4 is 15.4 Å². The molecular formula is C17H19F3N4O. The zero-order chi connectivity index (χ0) is 18.1. The molecule has 5 nitrogen and oxygen atoms in total. The molecule has 0 saturated carbocycles. The molecule has 2 N–H and O–H groups in total. The Morgan fingerprint density at radius 1 is 1.12 bits per heavy atom. The summed E-state index contributed by atoms with van der Waals surface area (Å²) in [6.45, 7) is 1.30. The first-order valence-corrected chi connectivity index (χ1v) is 7.63. The fourth-order valence-electron chi connectivity index (χ4n) is 1.96. The van der Waals surface area contributed by atoms with Crippen LogP contribution in [0.15, 0.2) is 53.7 Å². The number of aliphatic imine (C=N–C) groups is 1. The number of rotatable bonds is 6. The minimum Gasteiger partial charge on any atom is -0.476 e. The second-order valence-corrected chi connectivity index (χ2v) is 5.07. The van der Waals surface area contributed by atoms with Crippen molar-refractivity contribution in [3.05, 3.63) is 59.8 Å². The van der Waals surface area contributed by atoms with Crippen molar-refractivity contribution in [3.63, 3.8) is 0 Å². The van der Waals surface area contributed by atoms with E-state index in [0.717, 1.165) is 17.8 Å². The van der Waals surface area contributed by atoms with Gasteiger partial charge in [0, 0.05) is 25.9 Å². The van der Waals surface area contributed by atoms with Gasteiger partial charge < -0.3 is 15.4 Å². The largest absolute Gasteiger partial charge is 0.476 e. The zero-order valence-electron chi connectivity index (χ0n) is 13.7. The highest BCUT2D eigenvalue weighted by atomic mass is 19.4. The van der Waals surface area contributed by atoms with Gasteiger partial charge in [-0.05, 0) is 11.6 Å². The van der Waals surface area contributed by atoms with Gasteiger partial charge in [-0.2, -0.15) is 13.2 Å². The number of aromatic nitrogens is 1. The molecule has 0 saturated heterocycles. The maximum atomic E-state index is 12.4. The highest BCUT2D eigenvalue weighted by molar-refractivity contribution is 5.79. The van der Waals surface area contributed by atoms with Crippen LogP contribution in [-0.4, -0.2) is 31.1 Å². The van der Waals surface area contributed by atoms with Crippen LogP contribution in [0.2, 0.25) is 0 Å². The summed E-state index contributed by atoms with van der Waals surface area (Å²) < 4.78 is 42.6. The molecule has 2 rings (SSSR count). The average Bonchev–Trinajstić information content (AvgIpc) is 2.61. The third-order valence-corrected chi connectivity index (χ3v) is 3.23. The Morgan fingerprint density at radius 3 is 2.48 bits per heavy atom. The van der Waals surface area contributed by atoms with Crippen molar-refractivity contribution in [1.29, 1.82) is 0 Å². The van der Waals surface area contributed by atoms with Crippen LogP contribution in [0.25, 0.3) is 0 Å². The molecular weight excluding hydrogens is 333 g/mol. The first-order chi connectivity index (χ1) is 12.0. The molecule has 1 aromatic carbocycles. The van der Waals surface area contributed by atoms with Gasteiger partial charge in [-0.3, -0.25) is 4.99 Å². The minimum atomic E-state index is -4.40. The number of alkyl halides is 3. The molecule has 0 radical (unpaired) electrons. The van der Waals surface area contributed by atoms with Gasteiger partial charge in [0.05, 0.1) is 12.1 Å². The van der Waals surface area contributed by atoms with Crippen LogP contribution in [0, 0.1) is 0 Å². The molecule has 0 spiro atoms. The van der Waals surface area contributed by atoms with Crippen molar-refractivity contribution in [2.45, 2.75) is 12.7 Å². The van der Waals surface area contributed by atoms with E-state index in [1.807, 2.05) is 30.3 Å². The summed E-state index contributed by atoms with van der Waals surface area (Å²) in [5.74, 6) is 0.745. The molecule has 0 aliphatic rings. The van der Waals surface area contributed by atoms with Crippen LogP contribution in [-0.2, 0) is 12.7 Å². The standard InChI is InChI=1S/C17H19F3N4O/c1-21-16(24-11-13-5-3-2-4-6-13)22-9-10-25-15-8-7-14(12-23-15)17(18,19)20/h2-8,12H,9-11H2,1H3,(H2,21,22,24). The number of ether oxygens (including phenoxy) is 1. The molecule has 0 atom stereocenters. The molecule has 0 amide bonds. The van der Waals surface area contributed by atoms with Crippen molar-refractivity contribution in [2.24, 2.45) is 4.99 Å². The van der Waals surface area contributed by atoms with Crippen LogP contribution in [0.3, 0.4) is 0 Å². The second-order valence-electron chi connectivity index (χ2n) is 5.07. The van der Waals surface area contributed by atoms with Crippen LogP contribution in [0.4, 0.5) is 13.2 Å². The van der Waals surface area contributed by atoms with Crippen molar-refractivity contribution in [2.75, 3.05) is 20.2 Å². The number of pyridine rings is 1. The summed E-state index contributed by atoms with van der Waals surface area (Å²) in [6, 6.07) is 12.0.